The first-order valence-electron chi connectivity index (χ1n) is 5.22. The highest BCUT2D eigenvalue weighted by atomic mass is 16.7. The number of epoxide rings is 1. The molecule has 0 bridgehead atoms. The summed E-state index contributed by atoms with van der Waals surface area (Å²) in [6, 6.07) is 0. The van der Waals surface area contributed by atoms with Gasteiger partial charge >= 0.3 is 11.9 Å². The Morgan fingerprint density at radius 3 is 2.53 bits per heavy atom. The topological polar surface area (TPSA) is 65.1 Å². The molecule has 0 aromatic heterocycles. The molecule has 1 rings (SSSR count). The fourth-order valence-electron chi connectivity index (χ4n) is 1.24. The fourth-order valence-corrected chi connectivity index (χ4v) is 1.24. The Hall–Kier alpha value is -1.62. The Kier molecular flexibility index (Phi) is 4.07. The van der Waals surface area contributed by atoms with E-state index in [1.807, 2.05) is 0 Å². The maximum Gasteiger partial charge on any atom is 0.336 e. The average Bonchev–Trinajstić information content (AvgIpc) is 3.00. The lowest BCUT2D eigenvalue weighted by Crippen LogP contribution is -2.38. The molecule has 2 unspecified atom stereocenters. The average molecular weight is 240 g/mol. The predicted molar refractivity (Wildman–Crippen MR) is 60.0 cm³/mol. The smallest absolute Gasteiger partial charge is 0.336 e. The van der Waals surface area contributed by atoms with Crippen molar-refractivity contribution in [3.05, 3.63) is 24.8 Å². The number of ether oxygens (including phenoxy) is 3. The molecule has 1 fully saturated rings. The van der Waals surface area contributed by atoms with Crippen LogP contribution in [0.3, 0.4) is 0 Å². The van der Waals surface area contributed by atoms with E-state index in [1.165, 1.54) is 13.8 Å². The van der Waals surface area contributed by atoms with Gasteiger partial charge < -0.3 is 14.2 Å². The molecule has 94 valence electrons. The van der Waals surface area contributed by atoms with Gasteiger partial charge in [0.05, 0.1) is 19.1 Å². The molecule has 1 aliphatic heterocycles. The molecular formula is C12H16O5. The van der Waals surface area contributed by atoms with E-state index in [-0.39, 0.29) is 11.7 Å². The molecule has 0 amide bonds. The van der Waals surface area contributed by atoms with Crippen LogP contribution >= 0.6 is 0 Å². The Bertz CT molecular complexity index is 356. The zero-order valence-electron chi connectivity index (χ0n) is 10.0. The van der Waals surface area contributed by atoms with Gasteiger partial charge in [-0.3, -0.25) is 0 Å². The Labute approximate surface area is 100 Å². The van der Waals surface area contributed by atoms with Gasteiger partial charge in [-0.2, -0.15) is 0 Å². The van der Waals surface area contributed by atoms with Gasteiger partial charge in [-0.1, -0.05) is 13.2 Å². The molecule has 0 aliphatic carbocycles. The van der Waals surface area contributed by atoms with Crippen molar-refractivity contribution in [2.45, 2.75) is 32.2 Å². The van der Waals surface area contributed by atoms with Crippen LogP contribution in [0.1, 0.15) is 20.3 Å². The van der Waals surface area contributed by atoms with Crippen LogP contribution in [0, 0.1) is 0 Å². The van der Waals surface area contributed by atoms with Crippen LogP contribution in [0.4, 0.5) is 0 Å². The second-order valence-corrected chi connectivity index (χ2v) is 4.09. The van der Waals surface area contributed by atoms with Crippen LogP contribution in [0.25, 0.3) is 0 Å². The standard InChI is InChI=1S/C12H16O5/c1-5-10(13)16-12(4,6-9-7-15-9)17-11(14)8(2)3/h5,9H,1-2,6-7H2,3-4H3. The minimum atomic E-state index is -1.34. The van der Waals surface area contributed by atoms with Crippen molar-refractivity contribution in [3.8, 4) is 0 Å². The summed E-state index contributed by atoms with van der Waals surface area (Å²) in [7, 11) is 0. The first kappa shape index (κ1) is 13.4. The lowest BCUT2D eigenvalue weighted by Gasteiger charge is -2.28. The number of carbonyl (C=O) groups is 2. The molecule has 0 aromatic rings. The monoisotopic (exact) mass is 240 g/mol. The molecule has 1 aliphatic rings. The van der Waals surface area contributed by atoms with E-state index < -0.39 is 17.7 Å². The van der Waals surface area contributed by atoms with Gasteiger partial charge in [0.15, 0.2) is 0 Å². The summed E-state index contributed by atoms with van der Waals surface area (Å²) in [5.41, 5.74) is 0.239. The van der Waals surface area contributed by atoms with Crippen molar-refractivity contribution < 1.29 is 23.8 Å². The van der Waals surface area contributed by atoms with E-state index >= 15 is 0 Å². The molecule has 0 N–H and O–H groups in total. The van der Waals surface area contributed by atoms with Crippen LogP contribution < -0.4 is 0 Å². The SMILES string of the molecule is C=CC(=O)OC(C)(CC1CO1)OC(=O)C(=C)C. The number of rotatable bonds is 6. The summed E-state index contributed by atoms with van der Waals surface area (Å²) < 4.78 is 15.2. The second kappa shape index (κ2) is 5.14. The van der Waals surface area contributed by atoms with Crippen molar-refractivity contribution in [1.82, 2.24) is 0 Å². The van der Waals surface area contributed by atoms with Crippen LogP contribution in [0.5, 0.6) is 0 Å². The molecule has 17 heavy (non-hydrogen) atoms. The maximum absolute atomic E-state index is 11.5. The Morgan fingerprint density at radius 1 is 1.53 bits per heavy atom. The third-order valence-electron chi connectivity index (χ3n) is 2.14. The lowest BCUT2D eigenvalue weighted by atomic mass is 10.1. The van der Waals surface area contributed by atoms with Gasteiger partial charge in [0.2, 0.25) is 0 Å². The van der Waals surface area contributed by atoms with E-state index in [1.54, 1.807) is 0 Å². The summed E-state index contributed by atoms with van der Waals surface area (Å²) >= 11 is 0. The Balaban J connectivity index is 2.68. The summed E-state index contributed by atoms with van der Waals surface area (Å²) in [4.78, 5) is 22.6. The van der Waals surface area contributed by atoms with E-state index in [4.69, 9.17) is 14.2 Å². The largest absolute Gasteiger partial charge is 0.420 e. The number of esters is 2. The summed E-state index contributed by atoms with van der Waals surface area (Å²) in [5.74, 6) is -2.60. The highest BCUT2D eigenvalue weighted by Gasteiger charge is 2.40. The lowest BCUT2D eigenvalue weighted by molar-refractivity contribution is -0.219. The van der Waals surface area contributed by atoms with Crippen molar-refractivity contribution >= 4 is 11.9 Å². The molecule has 0 saturated carbocycles. The minimum absolute atomic E-state index is 0.0458. The molecule has 5 heteroatoms. The number of hydrogen-bond acceptors (Lipinski definition) is 5. The van der Waals surface area contributed by atoms with Crippen molar-refractivity contribution in [1.29, 1.82) is 0 Å². The zero-order chi connectivity index (χ0) is 13.1. The van der Waals surface area contributed by atoms with E-state index in [0.717, 1.165) is 6.08 Å². The van der Waals surface area contributed by atoms with Gasteiger partial charge in [0.25, 0.3) is 5.79 Å². The number of carbonyl (C=O) groups excluding carboxylic acids is 2. The summed E-state index contributed by atoms with van der Waals surface area (Å²) in [6.07, 6.45) is 1.27. The molecule has 0 aromatic carbocycles. The second-order valence-electron chi connectivity index (χ2n) is 4.09. The third-order valence-corrected chi connectivity index (χ3v) is 2.14. The molecular weight excluding hydrogens is 224 g/mol. The molecule has 0 spiro atoms. The third kappa shape index (κ3) is 4.40. The highest BCUT2D eigenvalue weighted by molar-refractivity contribution is 5.87. The van der Waals surface area contributed by atoms with Gasteiger partial charge in [-0.25, -0.2) is 9.59 Å². The van der Waals surface area contributed by atoms with Gasteiger partial charge in [-0.15, -0.1) is 0 Å². The zero-order valence-corrected chi connectivity index (χ0v) is 10.0. The van der Waals surface area contributed by atoms with E-state index in [0.29, 0.717) is 13.0 Å². The molecule has 1 saturated heterocycles. The normalized spacial score (nSPS) is 20.9. The predicted octanol–water partition coefficient (Wildman–Crippen LogP) is 1.34. The van der Waals surface area contributed by atoms with Crippen molar-refractivity contribution in [3.63, 3.8) is 0 Å². The quantitative estimate of drug-likeness (QED) is 0.303. The van der Waals surface area contributed by atoms with Crippen LogP contribution in [-0.2, 0) is 23.8 Å². The fraction of sp³-hybridized carbons (Fsp3) is 0.500. The Morgan fingerprint density at radius 2 is 2.12 bits per heavy atom. The first-order chi connectivity index (χ1) is 7.86. The molecule has 0 radical (unpaired) electrons. The van der Waals surface area contributed by atoms with Crippen LogP contribution in [-0.4, -0.2) is 30.4 Å². The van der Waals surface area contributed by atoms with Gasteiger partial charge in [-0.05, 0) is 6.92 Å². The van der Waals surface area contributed by atoms with Crippen LogP contribution in [0.15, 0.2) is 24.8 Å². The van der Waals surface area contributed by atoms with Crippen molar-refractivity contribution in [2.75, 3.05) is 6.61 Å². The molecule has 2 atom stereocenters. The van der Waals surface area contributed by atoms with Gasteiger partial charge in [0.1, 0.15) is 0 Å². The molecule has 1 heterocycles. The van der Waals surface area contributed by atoms with Crippen molar-refractivity contribution in [2.24, 2.45) is 0 Å². The van der Waals surface area contributed by atoms with E-state index in [2.05, 4.69) is 13.2 Å². The first-order valence-corrected chi connectivity index (χ1v) is 5.22. The highest BCUT2D eigenvalue weighted by Crippen LogP contribution is 2.27. The number of hydrogen-bond donors (Lipinski definition) is 0. The summed E-state index contributed by atoms with van der Waals surface area (Å²) in [5, 5.41) is 0. The maximum atomic E-state index is 11.5. The molecule has 5 nitrogen and oxygen atoms in total. The summed E-state index contributed by atoms with van der Waals surface area (Å²) in [6.45, 7) is 10.4. The van der Waals surface area contributed by atoms with Gasteiger partial charge in [0, 0.05) is 18.6 Å². The van der Waals surface area contributed by atoms with E-state index in [9.17, 15) is 9.59 Å². The van der Waals surface area contributed by atoms with Crippen LogP contribution in [0.2, 0.25) is 0 Å². The minimum Gasteiger partial charge on any atom is -0.420 e.